The third-order valence-electron chi connectivity index (χ3n) is 3.45. The van der Waals surface area contributed by atoms with Crippen LogP contribution in [-0.4, -0.2) is 24.5 Å². The zero-order valence-electron chi connectivity index (χ0n) is 14.1. The van der Waals surface area contributed by atoms with E-state index in [0.29, 0.717) is 0 Å². The molecule has 2 heteroatoms. The molecule has 0 aromatic heterocycles. The lowest BCUT2D eigenvalue weighted by atomic mass is 10.2. The molecule has 0 atom stereocenters. The first kappa shape index (κ1) is 17.1. The minimum Gasteiger partial charge on any atom is -0.457 e. The van der Waals surface area contributed by atoms with E-state index in [4.69, 9.17) is 4.74 Å². The Kier molecular flexibility index (Phi) is 7.23. The van der Waals surface area contributed by atoms with Crippen molar-refractivity contribution in [2.75, 3.05) is 19.6 Å². The van der Waals surface area contributed by atoms with Gasteiger partial charge in [-0.05, 0) is 62.3 Å². The number of rotatable bonds is 7. The summed E-state index contributed by atoms with van der Waals surface area (Å²) in [5.74, 6) is 8.19. The van der Waals surface area contributed by atoms with Crippen LogP contribution in [-0.2, 0) is 0 Å². The lowest BCUT2D eigenvalue weighted by Gasteiger charge is -2.17. The standard InChI is InChI=1S/C21H25NO/c1-3-16-22(17-4-2)18-8-9-19-12-14-21(15-13-19)23-20-10-6-5-7-11-20/h5-7,10-15H,3-4,16-18H2,1-2H3. The minimum absolute atomic E-state index is 0.834. The zero-order chi connectivity index (χ0) is 16.3. The Morgan fingerprint density at radius 2 is 1.43 bits per heavy atom. The molecule has 0 aliphatic carbocycles. The average molecular weight is 307 g/mol. The monoisotopic (exact) mass is 307 g/mol. The molecule has 23 heavy (non-hydrogen) atoms. The van der Waals surface area contributed by atoms with Crippen LogP contribution in [0.4, 0.5) is 0 Å². The van der Waals surface area contributed by atoms with Crippen molar-refractivity contribution >= 4 is 0 Å². The molecule has 0 aliphatic heterocycles. The lowest BCUT2D eigenvalue weighted by Crippen LogP contribution is -2.25. The largest absolute Gasteiger partial charge is 0.457 e. The maximum absolute atomic E-state index is 5.78. The maximum atomic E-state index is 5.78. The van der Waals surface area contributed by atoms with Crippen LogP contribution in [0.3, 0.4) is 0 Å². The van der Waals surface area contributed by atoms with Gasteiger partial charge in [0.2, 0.25) is 0 Å². The second kappa shape index (κ2) is 9.71. The molecule has 0 amide bonds. The van der Waals surface area contributed by atoms with E-state index in [1.54, 1.807) is 0 Å². The van der Waals surface area contributed by atoms with Gasteiger partial charge in [0.05, 0.1) is 6.54 Å². The van der Waals surface area contributed by atoms with Gasteiger partial charge in [-0.2, -0.15) is 0 Å². The summed E-state index contributed by atoms with van der Waals surface area (Å²) in [7, 11) is 0. The van der Waals surface area contributed by atoms with E-state index >= 15 is 0 Å². The van der Waals surface area contributed by atoms with Gasteiger partial charge < -0.3 is 4.74 Å². The topological polar surface area (TPSA) is 12.5 Å². The fourth-order valence-corrected chi connectivity index (χ4v) is 2.39. The Morgan fingerprint density at radius 1 is 0.826 bits per heavy atom. The third kappa shape index (κ3) is 6.18. The van der Waals surface area contributed by atoms with Crippen LogP contribution in [0.15, 0.2) is 54.6 Å². The molecule has 2 aromatic carbocycles. The summed E-state index contributed by atoms with van der Waals surface area (Å²) < 4.78 is 5.78. The van der Waals surface area contributed by atoms with Crippen LogP contribution in [0.1, 0.15) is 32.3 Å². The molecule has 0 saturated heterocycles. The highest BCUT2D eigenvalue weighted by Crippen LogP contribution is 2.20. The predicted molar refractivity (Wildman–Crippen MR) is 96.9 cm³/mol. The van der Waals surface area contributed by atoms with E-state index in [1.807, 2.05) is 54.6 Å². The molecule has 0 heterocycles. The van der Waals surface area contributed by atoms with Gasteiger partial charge in [0.25, 0.3) is 0 Å². The average Bonchev–Trinajstić information content (AvgIpc) is 2.58. The van der Waals surface area contributed by atoms with E-state index in [2.05, 4.69) is 30.6 Å². The molecule has 0 radical (unpaired) electrons. The number of hydrogen-bond acceptors (Lipinski definition) is 2. The number of benzene rings is 2. The van der Waals surface area contributed by atoms with Crippen molar-refractivity contribution in [3.05, 3.63) is 60.2 Å². The van der Waals surface area contributed by atoms with Crippen LogP contribution >= 0.6 is 0 Å². The van der Waals surface area contributed by atoms with Gasteiger partial charge in [0, 0.05) is 5.56 Å². The Bertz CT molecular complexity index is 616. The van der Waals surface area contributed by atoms with E-state index in [-0.39, 0.29) is 0 Å². The first-order valence-electron chi connectivity index (χ1n) is 8.36. The van der Waals surface area contributed by atoms with Gasteiger partial charge >= 0.3 is 0 Å². The molecule has 0 spiro atoms. The molecule has 0 aliphatic rings. The Hall–Kier alpha value is -2.24. The van der Waals surface area contributed by atoms with Crippen molar-refractivity contribution in [1.82, 2.24) is 4.90 Å². The molecule has 2 aromatic rings. The van der Waals surface area contributed by atoms with Crippen LogP contribution in [0, 0.1) is 11.8 Å². The highest BCUT2D eigenvalue weighted by molar-refractivity contribution is 5.40. The van der Waals surface area contributed by atoms with Gasteiger partial charge in [-0.3, -0.25) is 4.90 Å². The number of nitrogens with zero attached hydrogens (tertiary/aromatic N) is 1. The Labute approximate surface area is 140 Å². The molecule has 0 saturated carbocycles. The van der Waals surface area contributed by atoms with Crippen molar-refractivity contribution in [1.29, 1.82) is 0 Å². The molecular weight excluding hydrogens is 282 g/mol. The van der Waals surface area contributed by atoms with Crippen molar-refractivity contribution < 1.29 is 4.74 Å². The molecular formula is C21H25NO. The molecule has 120 valence electrons. The fourth-order valence-electron chi connectivity index (χ4n) is 2.39. The molecule has 0 fully saturated rings. The van der Waals surface area contributed by atoms with Crippen molar-refractivity contribution in [2.45, 2.75) is 26.7 Å². The Morgan fingerprint density at radius 3 is 2.04 bits per heavy atom. The van der Waals surface area contributed by atoms with Crippen LogP contribution in [0.25, 0.3) is 0 Å². The first-order chi connectivity index (χ1) is 11.3. The normalized spacial score (nSPS) is 10.2. The molecule has 2 nitrogen and oxygen atoms in total. The quantitative estimate of drug-likeness (QED) is 0.671. The van der Waals surface area contributed by atoms with Gasteiger partial charge in [0.1, 0.15) is 11.5 Å². The van der Waals surface area contributed by atoms with Gasteiger partial charge in [0.15, 0.2) is 0 Å². The molecule has 0 unspecified atom stereocenters. The van der Waals surface area contributed by atoms with Crippen molar-refractivity contribution in [3.63, 3.8) is 0 Å². The number of para-hydroxylation sites is 1. The number of hydrogen-bond donors (Lipinski definition) is 0. The summed E-state index contributed by atoms with van der Waals surface area (Å²) in [5, 5.41) is 0. The summed E-state index contributed by atoms with van der Waals surface area (Å²) in [6, 6.07) is 17.8. The summed E-state index contributed by atoms with van der Waals surface area (Å²) >= 11 is 0. The third-order valence-corrected chi connectivity index (χ3v) is 3.45. The van der Waals surface area contributed by atoms with E-state index in [9.17, 15) is 0 Å². The maximum Gasteiger partial charge on any atom is 0.127 e. The highest BCUT2D eigenvalue weighted by atomic mass is 16.5. The summed E-state index contributed by atoms with van der Waals surface area (Å²) in [6.07, 6.45) is 2.35. The molecule has 0 bridgehead atoms. The fraction of sp³-hybridized carbons (Fsp3) is 0.333. The predicted octanol–water partition coefficient (Wildman–Crippen LogP) is 4.95. The highest BCUT2D eigenvalue weighted by Gasteiger charge is 1.99. The van der Waals surface area contributed by atoms with Crippen molar-refractivity contribution in [2.24, 2.45) is 0 Å². The van der Waals surface area contributed by atoms with E-state index in [1.165, 1.54) is 12.8 Å². The van der Waals surface area contributed by atoms with Crippen LogP contribution in [0.5, 0.6) is 11.5 Å². The lowest BCUT2D eigenvalue weighted by molar-refractivity contribution is 0.308. The van der Waals surface area contributed by atoms with Crippen LogP contribution in [0.2, 0.25) is 0 Å². The van der Waals surface area contributed by atoms with E-state index in [0.717, 1.165) is 36.7 Å². The van der Waals surface area contributed by atoms with Crippen molar-refractivity contribution in [3.8, 4) is 23.3 Å². The molecule has 2 rings (SSSR count). The van der Waals surface area contributed by atoms with E-state index < -0.39 is 0 Å². The summed E-state index contributed by atoms with van der Waals surface area (Å²) in [4.78, 5) is 2.40. The minimum atomic E-state index is 0.834. The SMILES string of the molecule is CCCN(CC#Cc1ccc(Oc2ccccc2)cc1)CCC. The summed E-state index contributed by atoms with van der Waals surface area (Å²) in [5.41, 5.74) is 1.03. The second-order valence-corrected chi connectivity index (χ2v) is 5.52. The zero-order valence-corrected chi connectivity index (χ0v) is 14.1. The van der Waals surface area contributed by atoms with Crippen LogP contribution < -0.4 is 4.74 Å². The molecule has 0 N–H and O–H groups in total. The number of ether oxygens (including phenoxy) is 1. The Balaban J connectivity index is 1.91. The smallest absolute Gasteiger partial charge is 0.127 e. The second-order valence-electron chi connectivity index (χ2n) is 5.52. The first-order valence-corrected chi connectivity index (χ1v) is 8.36. The summed E-state index contributed by atoms with van der Waals surface area (Å²) in [6.45, 7) is 7.49. The van der Waals surface area contributed by atoms with Gasteiger partial charge in [-0.15, -0.1) is 0 Å². The van der Waals surface area contributed by atoms with Gasteiger partial charge in [-0.1, -0.05) is 43.9 Å². The van der Waals surface area contributed by atoms with Gasteiger partial charge in [-0.25, -0.2) is 0 Å².